The molecule has 2 N–H and O–H groups in total. The van der Waals surface area contributed by atoms with Gasteiger partial charge in [-0.3, -0.25) is 0 Å². The molecule has 3 aromatic carbocycles. The summed E-state index contributed by atoms with van der Waals surface area (Å²) in [5, 5.41) is 17.2. The van der Waals surface area contributed by atoms with Crippen molar-refractivity contribution in [1.82, 2.24) is 35.5 Å². The maximum absolute atomic E-state index is 12.1. The number of benzene rings is 3. The second kappa shape index (κ2) is 16.3. The number of nitrogens with one attached hydrogen (secondary N) is 2. The number of ether oxygens (including phenoxy) is 3. The van der Waals surface area contributed by atoms with Gasteiger partial charge < -0.3 is 29.7 Å². The van der Waals surface area contributed by atoms with Crippen molar-refractivity contribution in [3.05, 3.63) is 106 Å². The zero-order valence-electron chi connectivity index (χ0n) is 28.1. The summed E-state index contributed by atoms with van der Waals surface area (Å²) in [4.78, 5) is 30.7. The summed E-state index contributed by atoms with van der Waals surface area (Å²) in [7, 11) is 0. The van der Waals surface area contributed by atoms with Gasteiger partial charge in [0.15, 0.2) is 0 Å². The van der Waals surface area contributed by atoms with E-state index in [0.29, 0.717) is 45.0 Å². The number of rotatable bonds is 15. The quantitative estimate of drug-likeness (QED) is 0.124. The highest BCUT2D eigenvalue weighted by Gasteiger charge is 2.20. The van der Waals surface area contributed by atoms with Crippen molar-refractivity contribution in [1.29, 1.82) is 0 Å². The average Bonchev–Trinajstić information content (AvgIpc) is 3.99. The Morgan fingerprint density at radius 1 is 1.08 bits per heavy atom. The van der Waals surface area contributed by atoms with E-state index in [1.165, 1.54) is 5.56 Å². The highest BCUT2D eigenvalue weighted by atomic mass is 32.1. The summed E-state index contributed by atoms with van der Waals surface area (Å²) in [6.45, 7) is 3.60. The number of hydrogen-bond acceptors (Lipinski definition) is 9. The first-order chi connectivity index (χ1) is 25.1. The molecule has 2 aliphatic rings. The first kappa shape index (κ1) is 33.8. The molecule has 0 bridgehead atoms. The summed E-state index contributed by atoms with van der Waals surface area (Å²) in [5.74, 6) is 1.62. The van der Waals surface area contributed by atoms with Crippen molar-refractivity contribution in [2.45, 2.75) is 32.3 Å². The molecule has 1 saturated heterocycles. The second-order valence-corrected chi connectivity index (χ2v) is 13.1. The standard InChI is InChI=1S/C38H39N7O5S/c46-37-39-17-18-44(37)19-21-49-35-23-32(45-24-30(42-43-45)8-4-5-16-40-38(47)50-25-28-6-2-1-3-7-28)12-13-33(35)36-41-31(26-51-36)11-9-27-10-14-34-29(22-27)15-20-48-34/h1-3,6-7,9-14,22-24,26H,4-5,8,15-21,25H2,(H,39,46)(H,40,47)/b11-9+. The summed E-state index contributed by atoms with van der Waals surface area (Å²) in [6.07, 6.45) is 8.83. The molecule has 2 aromatic heterocycles. The van der Waals surface area contributed by atoms with Crippen LogP contribution in [0.5, 0.6) is 11.5 Å². The van der Waals surface area contributed by atoms with Crippen LogP contribution in [0.1, 0.15) is 40.9 Å². The molecular formula is C38H39N7O5S. The van der Waals surface area contributed by atoms with E-state index in [-0.39, 0.29) is 12.6 Å². The van der Waals surface area contributed by atoms with Crippen molar-refractivity contribution >= 4 is 35.6 Å². The minimum absolute atomic E-state index is 0.0752. The Labute approximate surface area is 300 Å². The monoisotopic (exact) mass is 705 g/mol. The Balaban J connectivity index is 0.973. The molecule has 262 valence electrons. The molecule has 0 spiro atoms. The number of carbonyl (C=O) groups is 2. The molecule has 1 fully saturated rings. The summed E-state index contributed by atoms with van der Waals surface area (Å²) >= 11 is 1.55. The van der Waals surface area contributed by atoms with E-state index in [1.54, 1.807) is 20.9 Å². The van der Waals surface area contributed by atoms with Gasteiger partial charge in [-0.25, -0.2) is 19.3 Å². The first-order valence-electron chi connectivity index (χ1n) is 17.1. The van der Waals surface area contributed by atoms with E-state index in [2.05, 4.69) is 39.2 Å². The van der Waals surface area contributed by atoms with Gasteiger partial charge in [-0.1, -0.05) is 47.7 Å². The van der Waals surface area contributed by atoms with Crippen LogP contribution in [-0.2, 0) is 24.2 Å². The number of nitrogens with zero attached hydrogens (tertiary/aromatic N) is 5. The van der Waals surface area contributed by atoms with Crippen LogP contribution in [0.2, 0.25) is 0 Å². The van der Waals surface area contributed by atoms with Crippen LogP contribution in [-0.4, -0.2) is 76.4 Å². The van der Waals surface area contributed by atoms with Crippen molar-refractivity contribution in [3.8, 4) is 27.8 Å². The number of fused-ring (bicyclic) bond motifs is 1. The number of urea groups is 1. The number of aryl methyl sites for hydroxylation is 1. The van der Waals surface area contributed by atoms with Crippen LogP contribution in [0.15, 0.2) is 78.3 Å². The van der Waals surface area contributed by atoms with Crippen molar-refractivity contribution in [2.24, 2.45) is 0 Å². The zero-order valence-corrected chi connectivity index (χ0v) is 28.9. The maximum Gasteiger partial charge on any atom is 0.407 e. The molecule has 2 aliphatic heterocycles. The maximum atomic E-state index is 12.1. The Morgan fingerprint density at radius 2 is 2.00 bits per heavy atom. The Kier molecular flexibility index (Phi) is 10.8. The number of unbranched alkanes of at least 4 members (excludes halogenated alkanes) is 1. The molecule has 0 atom stereocenters. The summed E-state index contributed by atoms with van der Waals surface area (Å²) in [5.41, 5.74) is 6.65. The molecular weight excluding hydrogens is 667 g/mol. The fourth-order valence-electron chi connectivity index (χ4n) is 5.85. The molecule has 51 heavy (non-hydrogen) atoms. The van der Waals surface area contributed by atoms with Gasteiger partial charge in [-0.2, -0.15) is 0 Å². The molecule has 3 amide bonds. The average molecular weight is 706 g/mol. The number of carbonyl (C=O) groups excluding carboxylic acids is 2. The largest absolute Gasteiger partial charge is 0.493 e. The molecule has 0 unspecified atom stereocenters. The number of aromatic nitrogens is 4. The number of thiazole rings is 1. The molecule has 4 heterocycles. The van der Waals surface area contributed by atoms with Crippen LogP contribution in [0.25, 0.3) is 28.4 Å². The van der Waals surface area contributed by atoms with Gasteiger partial charge in [0.05, 0.1) is 42.0 Å². The van der Waals surface area contributed by atoms with E-state index in [0.717, 1.165) is 70.4 Å². The third kappa shape index (κ3) is 8.92. The van der Waals surface area contributed by atoms with E-state index >= 15 is 0 Å². The van der Waals surface area contributed by atoms with Crippen molar-refractivity contribution in [2.75, 3.05) is 39.4 Å². The lowest BCUT2D eigenvalue weighted by Gasteiger charge is -2.16. The van der Waals surface area contributed by atoms with Gasteiger partial charge in [-0.05, 0) is 66.3 Å². The molecule has 13 heteroatoms. The van der Waals surface area contributed by atoms with Crippen LogP contribution < -0.4 is 20.1 Å². The predicted molar refractivity (Wildman–Crippen MR) is 195 cm³/mol. The molecule has 0 aliphatic carbocycles. The minimum atomic E-state index is -0.425. The summed E-state index contributed by atoms with van der Waals surface area (Å²) < 4.78 is 19.0. The lowest BCUT2D eigenvalue weighted by atomic mass is 10.1. The van der Waals surface area contributed by atoms with Gasteiger partial charge in [-0.15, -0.1) is 16.4 Å². The van der Waals surface area contributed by atoms with Gasteiger partial charge >= 0.3 is 12.1 Å². The highest BCUT2D eigenvalue weighted by Crippen LogP contribution is 2.35. The van der Waals surface area contributed by atoms with Crippen molar-refractivity contribution < 1.29 is 23.8 Å². The normalized spacial score (nSPS) is 13.6. The summed E-state index contributed by atoms with van der Waals surface area (Å²) in [6, 6.07) is 21.7. The molecule has 5 aromatic rings. The van der Waals surface area contributed by atoms with E-state index in [9.17, 15) is 9.59 Å². The lowest BCUT2D eigenvalue weighted by Crippen LogP contribution is -2.31. The van der Waals surface area contributed by atoms with E-state index in [1.807, 2.05) is 72.3 Å². The lowest BCUT2D eigenvalue weighted by molar-refractivity contribution is 0.139. The van der Waals surface area contributed by atoms with Crippen LogP contribution in [0.3, 0.4) is 0 Å². The van der Waals surface area contributed by atoms with Gasteiger partial charge in [0.1, 0.15) is 29.7 Å². The van der Waals surface area contributed by atoms with Crippen LogP contribution >= 0.6 is 11.3 Å². The smallest absolute Gasteiger partial charge is 0.407 e. The van der Waals surface area contributed by atoms with Crippen LogP contribution in [0.4, 0.5) is 9.59 Å². The minimum Gasteiger partial charge on any atom is -0.493 e. The van der Waals surface area contributed by atoms with Gasteiger partial charge in [0.25, 0.3) is 0 Å². The highest BCUT2D eigenvalue weighted by molar-refractivity contribution is 7.13. The second-order valence-electron chi connectivity index (χ2n) is 12.2. The number of hydrogen-bond donors (Lipinski definition) is 2. The third-order valence-corrected chi connectivity index (χ3v) is 9.48. The fraction of sp³-hybridized carbons (Fsp3) is 0.289. The third-order valence-electron chi connectivity index (χ3n) is 8.59. The Hall–Kier alpha value is -5.69. The SMILES string of the molecule is O=C(NCCCCc1cn(-c2ccc(-c3nc(/C=C/c4ccc5c(c4)CCO5)cs3)c(OCCN3CCNC3=O)c2)nn1)OCc1ccccc1. The number of amides is 3. The van der Waals surface area contributed by atoms with Gasteiger partial charge in [0, 0.05) is 37.5 Å². The van der Waals surface area contributed by atoms with Crippen LogP contribution in [0, 0.1) is 0 Å². The van der Waals surface area contributed by atoms with Gasteiger partial charge in [0.2, 0.25) is 0 Å². The Bertz CT molecular complexity index is 1990. The van der Waals surface area contributed by atoms with E-state index < -0.39 is 6.09 Å². The molecule has 7 rings (SSSR count). The predicted octanol–water partition coefficient (Wildman–Crippen LogP) is 6.15. The zero-order chi connectivity index (χ0) is 34.8. The first-order valence-corrected chi connectivity index (χ1v) is 18.0. The molecule has 0 radical (unpaired) electrons. The Morgan fingerprint density at radius 3 is 2.88 bits per heavy atom. The number of alkyl carbamates (subject to hydrolysis) is 1. The van der Waals surface area contributed by atoms with E-state index in [4.69, 9.17) is 19.2 Å². The van der Waals surface area contributed by atoms with Crippen molar-refractivity contribution in [3.63, 3.8) is 0 Å². The molecule has 0 saturated carbocycles. The molecule has 12 nitrogen and oxygen atoms in total. The fourth-order valence-corrected chi connectivity index (χ4v) is 6.67. The topological polar surface area (TPSA) is 133 Å².